The number of cyclic esters (lactones) is 2. The van der Waals surface area contributed by atoms with Crippen LogP contribution >= 0.6 is 0 Å². The zero-order valence-electron chi connectivity index (χ0n) is 8.60. The third-order valence-electron chi connectivity index (χ3n) is 4.23. The minimum absolute atomic E-state index is 0.0786. The molecule has 0 N–H and O–H groups in total. The topological polar surface area (TPSA) is 43.4 Å². The lowest BCUT2D eigenvalue weighted by molar-refractivity contribution is -0.142. The highest BCUT2D eigenvalue weighted by Gasteiger charge is 2.51. The number of hydrogen-bond donors (Lipinski definition) is 0. The molecule has 0 spiro atoms. The summed E-state index contributed by atoms with van der Waals surface area (Å²) in [6.07, 6.45) is 1.87. The average Bonchev–Trinajstić information content (AvgIpc) is 2.84. The minimum atomic E-state index is -0.461. The summed E-state index contributed by atoms with van der Waals surface area (Å²) in [6.45, 7) is 0. The summed E-state index contributed by atoms with van der Waals surface area (Å²) in [4.78, 5) is 23.5. The van der Waals surface area contributed by atoms with Crippen LogP contribution in [0.2, 0.25) is 0 Å². The number of carbonyl (C=O) groups excluding carboxylic acids is 2. The van der Waals surface area contributed by atoms with Crippen molar-refractivity contribution in [2.24, 2.45) is 5.92 Å². The van der Waals surface area contributed by atoms with Gasteiger partial charge in [-0.15, -0.1) is 0 Å². The maximum absolute atomic E-state index is 11.8. The number of esters is 2. The number of hydrogen-bond acceptors (Lipinski definition) is 3. The zero-order valence-corrected chi connectivity index (χ0v) is 8.60. The van der Waals surface area contributed by atoms with Gasteiger partial charge in [0, 0.05) is 0 Å². The first kappa shape index (κ1) is 8.50. The van der Waals surface area contributed by atoms with Crippen LogP contribution in [0.4, 0.5) is 0 Å². The number of fused-ring (bicyclic) bond motifs is 2. The molecule has 0 amide bonds. The summed E-state index contributed by atoms with van der Waals surface area (Å²) in [7, 11) is 0. The van der Waals surface area contributed by atoms with Crippen molar-refractivity contribution in [3.8, 4) is 0 Å². The van der Waals surface area contributed by atoms with Crippen LogP contribution in [0.15, 0.2) is 18.2 Å². The fraction of sp³-hybridized carbons (Fsp3) is 0.385. The van der Waals surface area contributed by atoms with Gasteiger partial charge in [-0.2, -0.15) is 0 Å². The third-order valence-corrected chi connectivity index (χ3v) is 4.23. The predicted molar refractivity (Wildman–Crippen MR) is 55.1 cm³/mol. The lowest BCUT2D eigenvalue weighted by Gasteiger charge is -2.19. The summed E-state index contributed by atoms with van der Waals surface area (Å²) < 4.78 is 4.89. The maximum atomic E-state index is 11.8. The number of carbonyl (C=O) groups is 2. The Morgan fingerprint density at radius 2 is 1.94 bits per heavy atom. The molecule has 1 aromatic carbocycles. The van der Waals surface area contributed by atoms with Crippen LogP contribution < -0.4 is 0 Å². The van der Waals surface area contributed by atoms with Crippen LogP contribution in [-0.2, 0) is 9.53 Å². The fourth-order valence-electron chi connectivity index (χ4n) is 3.62. The van der Waals surface area contributed by atoms with E-state index in [1.807, 2.05) is 6.07 Å². The van der Waals surface area contributed by atoms with Gasteiger partial charge >= 0.3 is 11.9 Å². The van der Waals surface area contributed by atoms with Gasteiger partial charge in [-0.25, -0.2) is 4.79 Å². The van der Waals surface area contributed by atoms with Gasteiger partial charge in [0.2, 0.25) is 0 Å². The van der Waals surface area contributed by atoms with E-state index in [1.165, 1.54) is 5.56 Å². The quantitative estimate of drug-likeness (QED) is 0.490. The van der Waals surface area contributed by atoms with Crippen molar-refractivity contribution >= 4 is 11.9 Å². The molecule has 1 aliphatic heterocycles. The van der Waals surface area contributed by atoms with E-state index in [0.29, 0.717) is 11.5 Å². The molecule has 1 aromatic rings. The first-order chi connectivity index (χ1) is 7.75. The molecule has 2 aliphatic carbocycles. The van der Waals surface area contributed by atoms with Gasteiger partial charge in [-0.05, 0) is 41.9 Å². The van der Waals surface area contributed by atoms with Crippen molar-refractivity contribution in [2.45, 2.75) is 24.7 Å². The molecule has 16 heavy (non-hydrogen) atoms. The molecule has 1 heterocycles. The van der Waals surface area contributed by atoms with Crippen molar-refractivity contribution in [2.75, 3.05) is 0 Å². The molecule has 3 nitrogen and oxygen atoms in total. The predicted octanol–water partition coefficient (Wildman–Crippen LogP) is 1.97. The number of benzene rings is 1. The number of ether oxygens (including phenoxy) is 1. The minimum Gasteiger partial charge on any atom is -0.389 e. The van der Waals surface area contributed by atoms with Crippen molar-refractivity contribution in [3.63, 3.8) is 0 Å². The first-order valence-corrected chi connectivity index (χ1v) is 5.64. The molecule has 0 aromatic heterocycles. The molecule has 3 heteroatoms. The molecule has 1 saturated carbocycles. The Hall–Kier alpha value is -1.64. The van der Waals surface area contributed by atoms with Crippen LogP contribution in [0.5, 0.6) is 0 Å². The molecule has 80 valence electrons. The Morgan fingerprint density at radius 3 is 2.81 bits per heavy atom. The van der Waals surface area contributed by atoms with Gasteiger partial charge in [-0.3, -0.25) is 4.79 Å². The molecule has 2 bridgehead atoms. The Kier molecular flexibility index (Phi) is 1.35. The average molecular weight is 214 g/mol. The van der Waals surface area contributed by atoms with Gasteiger partial charge in [0.15, 0.2) is 0 Å². The van der Waals surface area contributed by atoms with E-state index in [4.69, 9.17) is 4.74 Å². The Bertz CT molecular complexity index is 532. The summed E-state index contributed by atoms with van der Waals surface area (Å²) in [5.41, 5.74) is 2.98. The molecule has 0 saturated heterocycles. The van der Waals surface area contributed by atoms with Crippen LogP contribution in [0.3, 0.4) is 0 Å². The molecule has 3 atom stereocenters. The van der Waals surface area contributed by atoms with Crippen molar-refractivity contribution in [1.29, 1.82) is 0 Å². The summed E-state index contributed by atoms with van der Waals surface area (Å²) in [6, 6.07) is 5.75. The van der Waals surface area contributed by atoms with E-state index in [-0.39, 0.29) is 17.8 Å². The van der Waals surface area contributed by atoms with Crippen LogP contribution in [0.25, 0.3) is 0 Å². The van der Waals surface area contributed by atoms with Gasteiger partial charge in [0.1, 0.15) is 0 Å². The van der Waals surface area contributed by atoms with Gasteiger partial charge in [0.25, 0.3) is 0 Å². The van der Waals surface area contributed by atoms with Gasteiger partial charge in [-0.1, -0.05) is 12.1 Å². The maximum Gasteiger partial charge on any atom is 0.346 e. The first-order valence-electron chi connectivity index (χ1n) is 5.64. The Balaban J connectivity index is 2.06. The zero-order chi connectivity index (χ0) is 10.9. The van der Waals surface area contributed by atoms with Crippen molar-refractivity contribution in [3.05, 3.63) is 34.9 Å². The van der Waals surface area contributed by atoms with E-state index < -0.39 is 5.97 Å². The van der Waals surface area contributed by atoms with E-state index in [9.17, 15) is 9.59 Å². The van der Waals surface area contributed by atoms with Crippen molar-refractivity contribution in [1.82, 2.24) is 0 Å². The lowest BCUT2D eigenvalue weighted by atomic mass is 9.82. The van der Waals surface area contributed by atoms with Crippen LogP contribution in [0.1, 0.15) is 46.2 Å². The number of rotatable bonds is 0. The molecule has 0 radical (unpaired) electrons. The van der Waals surface area contributed by atoms with Crippen LogP contribution in [0, 0.1) is 5.92 Å². The highest BCUT2D eigenvalue weighted by Crippen LogP contribution is 2.58. The largest absolute Gasteiger partial charge is 0.389 e. The van der Waals surface area contributed by atoms with E-state index in [2.05, 4.69) is 6.07 Å². The summed E-state index contributed by atoms with van der Waals surface area (Å²) >= 11 is 0. The second-order valence-corrected chi connectivity index (χ2v) is 4.90. The Morgan fingerprint density at radius 1 is 1.12 bits per heavy atom. The fourth-order valence-corrected chi connectivity index (χ4v) is 3.62. The summed E-state index contributed by atoms with van der Waals surface area (Å²) in [5.74, 6) is -0.167. The monoisotopic (exact) mass is 214 g/mol. The van der Waals surface area contributed by atoms with Crippen molar-refractivity contribution < 1.29 is 14.3 Å². The van der Waals surface area contributed by atoms with E-state index >= 15 is 0 Å². The van der Waals surface area contributed by atoms with Gasteiger partial charge in [0.05, 0.1) is 11.5 Å². The smallest absolute Gasteiger partial charge is 0.346 e. The standard InChI is InChI=1S/C13H10O3/c14-12-8-3-1-2-7-6-4-9(11(7)8)10(5-6)13(15)16-12/h1-3,6,9-10H,4-5H2. The Labute approximate surface area is 92.4 Å². The molecule has 3 aliphatic rings. The molecular formula is C13H10O3. The molecule has 1 fully saturated rings. The third kappa shape index (κ3) is 0.811. The summed E-state index contributed by atoms with van der Waals surface area (Å²) in [5, 5.41) is 0. The SMILES string of the molecule is O=C1OC(=O)C2CC3CC2c2c1cccc23. The highest BCUT2D eigenvalue weighted by molar-refractivity contribution is 6.01. The van der Waals surface area contributed by atoms with Crippen LogP contribution in [-0.4, -0.2) is 11.9 Å². The second kappa shape index (κ2) is 2.54. The highest BCUT2D eigenvalue weighted by atomic mass is 16.6. The molecule has 4 rings (SSSR count). The normalized spacial score (nSPS) is 33.9. The second-order valence-electron chi connectivity index (χ2n) is 4.90. The van der Waals surface area contributed by atoms with E-state index in [0.717, 1.165) is 18.4 Å². The van der Waals surface area contributed by atoms with Gasteiger partial charge < -0.3 is 4.74 Å². The van der Waals surface area contributed by atoms with E-state index in [1.54, 1.807) is 6.07 Å². The lowest BCUT2D eigenvalue weighted by Crippen LogP contribution is -2.20. The molecule has 3 unspecified atom stereocenters. The molecular weight excluding hydrogens is 204 g/mol.